The normalized spacial score (nSPS) is 16.7. The van der Waals surface area contributed by atoms with Crippen molar-refractivity contribution < 1.29 is 14.7 Å². The predicted molar refractivity (Wildman–Crippen MR) is 167 cm³/mol. The molecule has 0 radical (unpaired) electrons. The lowest BCUT2D eigenvalue weighted by Gasteiger charge is -2.23. The molecule has 4 aromatic rings. The van der Waals surface area contributed by atoms with Gasteiger partial charge in [-0.15, -0.1) is 10.2 Å². The fourth-order valence-electron chi connectivity index (χ4n) is 4.68. The average Bonchev–Trinajstić information content (AvgIpc) is 3.51. The van der Waals surface area contributed by atoms with Gasteiger partial charge in [0.25, 0.3) is 5.78 Å². The Morgan fingerprint density at radius 3 is 2.44 bits per heavy atom. The van der Waals surface area contributed by atoms with Crippen LogP contribution in [0.4, 0.5) is 5.13 Å². The van der Waals surface area contributed by atoms with Crippen LogP contribution in [0.15, 0.2) is 70.6 Å². The number of benzene rings is 3. The number of carbonyl (C=O) groups excluding carboxylic acids is 2. The molecule has 1 aromatic heterocycles. The molecule has 1 aliphatic rings. The standard InChI is InChI=1S/C31H27Cl2N3O3S2/c1-16(2)19-7-9-20(10-8-19)26-25(27(37)23-13-17(3)5-6-18(23)4)28(38)29(39)36(26)30-34-35-31(41-30)40-15-21-11-12-22(32)14-24(21)33/h5-14,16,26,37H,15H2,1-4H3/t26-/m0/s1. The quantitative estimate of drug-likeness (QED) is 0.0730. The smallest absolute Gasteiger partial charge is 0.301 e. The summed E-state index contributed by atoms with van der Waals surface area (Å²) in [6.45, 7) is 7.96. The Labute approximate surface area is 257 Å². The molecule has 1 saturated heterocycles. The molecule has 1 aliphatic heterocycles. The zero-order valence-corrected chi connectivity index (χ0v) is 26.0. The minimum Gasteiger partial charge on any atom is -0.507 e. The number of nitrogens with zero attached hydrogens (tertiary/aromatic N) is 3. The largest absolute Gasteiger partial charge is 0.507 e. The highest BCUT2D eigenvalue weighted by atomic mass is 35.5. The van der Waals surface area contributed by atoms with Crippen LogP contribution in [0.5, 0.6) is 0 Å². The van der Waals surface area contributed by atoms with Gasteiger partial charge in [0, 0.05) is 21.4 Å². The van der Waals surface area contributed by atoms with Crippen molar-refractivity contribution in [2.45, 2.75) is 49.7 Å². The van der Waals surface area contributed by atoms with Gasteiger partial charge in [-0.05, 0) is 60.2 Å². The van der Waals surface area contributed by atoms with Gasteiger partial charge in [0.05, 0.1) is 11.6 Å². The van der Waals surface area contributed by atoms with Gasteiger partial charge in [0.15, 0.2) is 4.34 Å². The van der Waals surface area contributed by atoms with Crippen LogP contribution in [0.3, 0.4) is 0 Å². The number of hydrogen-bond donors (Lipinski definition) is 1. The number of ketones is 1. The van der Waals surface area contributed by atoms with Crippen LogP contribution in [-0.2, 0) is 15.3 Å². The highest BCUT2D eigenvalue weighted by Gasteiger charge is 2.48. The van der Waals surface area contributed by atoms with Crippen molar-refractivity contribution in [2.75, 3.05) is 4.90 Å². The monoisotopic (exact) mass is 623 g/mol. The van der Waals surface area contributed by atoms with Crippen LogP contribution in [-0.4, -0.2) is 27.0 Å². The van der Waals surface area contributed by atoms with Gasteiger partial charge in [-0.1, -0.05) is 108 Å². The van der Waals surface area contributed by atoms with E-state index >= 15 is 0 Å². The summed E-state index contributed by atoms with van der Waals surface area (Å²) in [6.07, 6.45) is 0. The zero-order chi connectivity index (χ0) is 29.4. The van der Waals surface area contributed by atoms with Crippen molar-refractivity contribution in [1.82, 2.24) is 10.2 Å². The van der Waals surface area contributed by atoms with Crippen molar-refractivity contribution >= 4 is 68.9 Å². The minimum atomic E-state index is -0.868. The Bertz CT molecular complexity index is 1680. The summed E-state index contributed by atoms with van der Waals surface area (Å²) in [5, 5.41) is 21.5. The maximum absolute atomic E-state index is 13.6. The van der Waals surface area contributed by atoms with Crippen molar-refractivity contribution in [3.8, 4) is 0 Å². The summed E-state index contributed by atoms with van der Waals surface area (Å²) in [4.78, 5) is 28.5. The molecular formula is C31H27Cl2N3O3S2. The molecule has 0 aliphatic carbocycles. The number of hydrogen-bond acceptors (Lipinski definition) is 7. The van der Waals surface area contributed by atoms with E-state index in [1.807, 2.05) is 62.4 Å². The number of rotatable bonds is 7. The Morgan fingerprint density at radius 2 is 1.76 bits per heavy atom. The van der Waals surface area contributed by atoms with Gasteiger partial charge >= 0.3 is 5.91 Å². The second-order valence-electron chi connectivity index (χ2n) is 10.2. The van der Waals surface area contributed by atoms with Gasteiger partial charge in [-0.25, -0.2) is 0 Å². The van der Waals surface area contributed by atoms with Crippen molar-refractivity contribution in [2.24, 2.45) is 0 Å². The van der Waals surface area contributed by atoms with E-state index in [0.29, 0.717) is 37.2 Å². The molecule has 1 atom stereocenters. The van der Waals surface area contributed by atoms with Crippen LogP contribution >= 0.6 is 46.3 Å². The zero-order valence-electron chi connectivity index (χ0n) is 22.8. The summed E-state index contributed by atoms with van der Waals surface area (Å²) in [6, 6.07) is 17.8. The maximum Gasteiger partial charge on any atom is 0.301 e. The molecule has 2 heterocycles. The first-order chi connectivity index (χ1) is 19.5. The van der Waals surface area contributed by atoms with Crippen LogP contribution in [0, 0.1) is 13.8 Å². The summed E-state index contributed by atoms with van der Waals surface area (Å²) in [7, 11) is 0. The van der Waals surface area contributed by atoms with E-state index < -0.39 is 17.7 Å². The summed E-state index contributed by atoms with van der Waals surface area (Å²) in [5.41, 5.74) is 4.96. The van der Waals surface area contributed by atoms with Gasteiger partial charge < -0.3 is 5.11 Å². The fourth-order valence-corrected chi connectivity index (χ4v) is 7.11. The molecule has 0 saturated carbocycles. The molecule has 0 spiro atoms. The van der Waals surface area contributed by atoms with Crippen molar-refractivity contribution in [3.05, 3.63) is 110 Å². The Balaban J connectivity index is 1.56. The fraction of sp³-hybridized carbons (Fsp3) is 0.226. The Hall–Kier alpha value is -3.17. The highest BCUT2D eigenvalue weighted by Crippen LogP contribution is 2.44. The van der Waals surface area contributed by atoms with Crippen molar-refractivity contribution in [1.29, 1.82) is 0 Å². The maximum atomic E-state index is 13.6. The first kappa shape index (κ1) is 29.3. The lowest BCUT2D eigenvalue weighted by molar-refractivity contribution is -0.132. The topological polar surface area (TPSA) is 83.4 Å². The first-order valence-corrected chi connectivity index (χ1v) is 15.5. The van der Waals surface area contributed by atoms with Gasteiger partial charge in [-0.3, -0.25) is 14.5 Å². The number of aromatic nitrogens is 2. The molecule has 1 fully saturated rings. The molecular weight excluding hydrogens is 597 g/mol. The average molecular weight is 625 g/mol. The van der Waals surface area contributed by atoms with Crippen LogP contribution < -0.4 is 4.90 Å². The Kier molecular flexibility index (Phi) is 8.57. The van der Waals surface area contributed by atoms with E-state index in [4.69, 9.17) is 23.2 Å². The predicted octanol–water partition coefficient (Wildman–Crippen LogP) is 8.50. The molecule has 6 nitrogen and oxygen atoms in total. The molecule has 0 unspecified atom stereocenters. The summed E-state index contributed by atoms with van der Waals surface area (Å²) < 4.78 is 0.608. The molecule has 1 N–H and O–H groups in total. The Morgan fingerprint density at radius 1 is 1.02 bits per heavy atom. The molecule has 0 bridgehead atoms. The summed E-state index contributed by atoms with van der Waals surface area (Å²) >= 11 is 15.0. The minimum absolute atomic E-state index is 0.0262. The lowest BCUT2D eigenvalue weighted by atomic mass is 9.92. The molecule has 210 valence electrons. The number of thioether (sulfide) groups is 1. The number of aliphatic hydroxyl groups excluding tert-OH is 1. The number of carbonyl (C=O) groups is 2. The van der Waals surface area contributed by atoms with Crippen LogP contribution in [0.25, 0.3) is 5.76 Å². The van der Waals surface area contributed by atoms with Crippen LogP contribution in [0.1, 0.15) is 59.2 Å². The van der Waals surface area contributed by atoms with Crippen molar-refractivity contribution in [3.63, 3.8) is 0 Å². The second-order valence-corrected chi connectivity index (χ2v) is 13.2. The van der Waals surface area contributed by atoms with E-state index in [0.717, 1.165) is 22.3 Å². The third kappa shape index (κ3) is 5.93. The number of amides is 1. The number of Topliss-reactive ketones (excluding diaryl/α,β-unsaturated/α-hetero) is 1. The molecule has 3 aromatic carbocycles. The number of halogens is 2. The van der Waals surface area contributed by atoms with Gasteiger partial charge in [-0.2, -0.15) is 0 Å². The number of aryl methyl sites for hydroxylation is 2. The third-order valence-corrected chi connectivity index (χ3v) is 9.67. The third-order valence-electron chi connectivity index (χ3n) is 6.98. The van der Waals surface area contributed by atoms with Gasteiger partial charge in [0.1, 0.15) is 5.76 Å². The molecule has 10 heteroatoms. The van der Waals surface area contributed by atoms with E-state index in [-0.39, 0.29) is 16.5 Å². The first-order valence-electron chi connectivity index (χ1n) is 12.9. The van der Waals surface area contributed by atoms with E-state index in [1.165, 1.54) is 28.0 Å². The van der Waals surface area contributed by atoms with E-state index in [2.05, 4.69) is 24.0 Å². The SMILES string of the molecule is Cc1ccc(C)c(C(O)=C2C(=O)C(=O)N(c3nnc(SCc4ccc(Cl)cc4Cl)s3)[C@H]2c2ccc(C(C)C)cc2)c1. The highest BCUT2D eigenvalue weighted by molar-refractivity contribution is 8.00. The molecule has 41 heavy (non-hydrogen) atoms. The second kappa shape index (κ2) is 12.0. The van der Waals surface area contributed by atoms with E-state index in [1.54, 1.807) is 12.1 Å². The number of anilines is 1. The summed E-state index contributed by atoms with van der Waals surface area (Å²) in [5.74, 6) is -0.901. The van der Waals surface area contributed by atoms with Gasteiger partial charge in [0.2, 0.25) is 5.13 Å². The van der Waals surface area contributed by atoms with E-state index in [9.17, 15) is 14.7 Å². The van der Waals surface area contributed by atoms with Crippen LogP contribution in [0.2, 0.25) is 10.0 Å². The molecule has 5 rings (SSSR count). The lowest BCUT2D eigenvalue weighted by Crippen LogP contribution is -2.29. The number of aliphatic hydroxyl groups is 1. The molecule has 1 amide bonds.